The molecular weight excluding hydrogens is 370 g/mol. The molecule has 2 aromatic rings. The summed E-state index contributed by atoms with van der Waals surface area (Å²) in [6, 6.07) is 12.0. The Kier molecular flexibility index (Phi) is 7.03. The van der Waals surface area contributed by atoms with Gasteiger partial charge in [-0.05, 0) is 31.2 Å². The number of hydrogen-bond acceptors (Lipinski definition) is 6. The third-order valence-electron chi connectivity index (χ3n) is 3.55. The average molecular weight is 388 g/mol. The van der Waals surface area contributed by atoms with E-state index in [2.05, 4.69) is 10.5 Å². The van der Waals surface area contributed by atoms with E-state index in [1.807, 2.05) is 6.07 Å². The second-order valence-corrected chi connectivity index (χ2v) is 5.77. The zero-order valence-electron chi connectivity index (χ0n) is 15.0. The number of rotatable bonds is 7. The van der Waals surface area contributed by atoms with Gasteiger partial charge in [0.05, 0.1) is 36.7 Å². The van der Waals surface area contributed by atoms with Gasteiger partial charge in [0.15, 0.2) is 11.5 Å². The standard InChI is InChI=1S/C19H18ClN3O4/c1-12(19(24)23-16-7-5-4-6-14(16)10-21)27-22-11-13-8-15(20)18(26-3)17(9-13)25-2/h4-9,11-12H,1-3H3,(H,23,24)/b22-11-/t12-/m0/s1. The van der Waals surface area contributed by atoms with Gasteiger partial charge >= 0.3 is 0 Å². The first-order valence-corrected chi connectivity index (χ1v) is 8.28. The molecule has 0 bridgehead atoms. The van der Waals surface area contributed by atoms with E-state index in [1.165, 1.54) is 20.4 Å². The maximum atomic E-state index is 12.2. The van der Waals surface area contributed by atoms with Gasteiger partial charge in [-0.2, -0.15) is 5.26 Å². The number of oxime groups is 1. The van der Waals surface area contributed by atoms with Crippen LogP contribution in [0.15, 0.2) is 41.6 Å². The Morgan fingerprint density at radius 2 is 2.04 bits per heavy atom. The van der Waals surface area contributed by atoms with Gasteiger partial charge in [-0.25, -0.2) is 0 Å². The third kappa shape index (κ3) is 5.12. The summed E-state index contributed by atoms with van der Waals surface area (Å²) in [7, 11) is 2.99. The molecule has 7 nitrogen and oxygen atoms in total. The number of benzene rings is 2. The highest BCUT2D eigenvalue weighted by molar-refractivity contribution is 6.32. The number of para-hydroxylation sites is 1. The summed E-state index contributed by atoms with van der Waals surface area (Å²) in [5, 5.41) is 15.9. The number of amides is 1. The topological polar surface area (TPSA) is 92.9 Å². The Morgan fingerprint density at radius 3 is 2.70 bits per heavy atom. The second-order valence-electron chi connectivity index (χ2n) is 5.37. The summed E-state index contributed by atoms with van der Waals surface area (Å²) in [6.45, 7) is 1.54. The van der Waals surface area contributed by atoms with Crippen molar-refractivity contribution in [1.82, 2.24) is 0 Å². The molecule has 27 heavy (non-hydrogen) atoms. The minimum Gasteiger partial charge on any atom is -0.493 e. The fourth-order valence-electron chi connectivity index (χ4n) is 2.17. The first kappa shape index (κ1) is 20.1. The van der Waals surface area contributed by atoms with Crippen molar-refractivity contribution in [1.29, 1.82) is 5.26 Å². The fraction of sp³-hybridized carbons (Fsp3) is 0.211. The van der Waals surface area contributed by atoms with Gasteiger partial charge < -0.3 is 19.6 Å². The number of hydrogen-bond donors (Lipinski definition) is 1. The average Bonchev–Trinajstić information content (AvgIpc) is 2.67. The van der Waals surface area contributed by atoms with Crippen LogP contribution in [0.25, 0.3) is 0 Å². The minimum absolute atomic E-state index is 0.359. The van der Waals surface area contributed by atoms with Crippen molar-refractivity contribution in [3.8, 4) is 17.6 Å². The van der Waals surface area contributed by atoms with E-state index in [9.17, 15) is 4.79 Å². The van der Waals surface area contributed by atoms with E-state index in [1.54, 1.807) is 43.3 Å². The molecule has 1 N–H and O–H groups in total. The van der Waals surface area contributed by atoms with Crippen molar-refractivity contribution in [2.24, 2.45) is 5.16 Å². The van der Waals surface area contributed by atoms with Crippen molar-refractivity contribution < 1.29 is 19.1 Å². The molecule has 1 amide bonds. The van der Waals surface area contributed by atoms with Gasteiger partial charge in [0.2, 0.25) is 6.10 Å². The SMILES string of the molecule is COc1cc(/C=N\O[C@@H](C)C(=O)Nc2ccccc2C#N)cc(Cl)c1OC. The minimum atomic E-state index is -0.872. The van der Waals surface area contributed by atoms with Gasteiger partial charge in [-0.1, -0.05) is 28.9 Å². The summed E-state index contributed by atoms with van der Waals surface area (Å²) in [5.74, 6) is 0.437. The number of halogens is 1. The number of nitrogens with one attached hydrogen (secondary N) is 1. The molecule has 0 saturated heterocycles. The first-order valence-electron chi connectivity index (χ1n) is 7.90. The first-order chi connectivity index (χ1) is 13.0. The number of carbonyl (C=O) groups excluding carboxylic acids is 1. The van der Waals surface area contributed by atoms with E-state index < -0.39 is 12.0 Å². The second kappa shape index (κ2) is 9.46. The highest BCUT2D eigenvalue weighted by Crippen LogP contribution is 2.35. The van der Waals surface area contributed by atoms with Gasteiger partial charge in [-0.3, -0.25) is 4.79 Å². The van der Waals surface area contributed by atoms with Gasteiger partial charge in [0, 0.05) is 5.56 Å². The normalized spacial score (nSPS) is 11.5. The lowest BCUT2D eigenvalue weighted by molar-refractivity contribution is -0.126. The van der Waals surface area contributed by atoms with Crippen molar-refractivity contribution in [3.63, 3.8) is 0 Å². The van der Waals surface area contributed by atoms with E-state index in [-0.39, 0.29) is 0 Å². The molecule has 0 aliphatic carbocycles. The maximum absolute atomic E-state index is 12.2. The van der Waals surface area contributed by atoms with Crippen LogP contribution in [0.4, 0.5) is 5.69 Å². The summed E-state index contributed by atoms with van der Waals surface area (Å²) in [4.78, 5) is 17.4. The van der Waals surface area contributed by atoms with Gasteiger partial charge in [-0.15, -0.1) is 0 Å². The molecule has 140 valence electrons. The predicted molar refractivity (Wildman–Crippen MR) is 102 cm³/mol. The number of nitrogens with zero attached hydrogens (tertiary/aromatic N) is 2. The van der Waals surface area contributed by atoms with E-state index >= 15 is 0 Å². The summed E-state index contributed by atoms with van der Waals surface area (Å²) < 4.78 is 10.4. The molecule has 0 radical (unpaired) electrons. The Hall–Kier alpha value is -3.24. The van der Waals surface area contributed by atoms with Gasteiger partial charge in [0.1, 0.15) is 6.07 Å². The Labute approximate surface area is 162 Å². The quantitative estimate of drug-likeness (QED) is 0.578. The van der Waals surface area contributed by atoms with Gasteiger partial charge in [0.25, 0.3) is 5.91 Å². The molecule has 1 atom stereocenters. The molecule has 2 rings (SSSR count). The molecular formula is C19H18ClN3O4. The molecule has 8 heteroatoms. The van der Waals surface area contributed by atoms with Crippen LogP contribution in [0.3, 0.4) is 0 Å². The monoisotopic (exact) mass is 387 g/mol. The highest BCUT2D eigenvalue weighted by Gasteiger charge is 2.16. The van der Waals surface area contributed by atoms with Crippen LogP contribution in [-0.4, -0.2) is 32.4 Å². The van der Waals surface area contributed by atoms with E-state index in [0.717, 1.165) is 0 Å². The molecule has 0 aliphatic heterocycles. The molecule has 0 aromatic heterocycles. The lowest BCUT2D eigenvalue weighted by atomic mass is 10.2. The zero-order chi connectivity index (χ0) is 19.8. The molecule has 0 saturated carbocycles. The fourth-order valence-corrected chi connectivity index (χ4v) is 2.46. The molecule has 0 spiro atoms. The Balaban J connectivity index is 2.02. The number of carbonyl (C=O) groups is 1. The lowest BCUT2D eigenvalue weighted by Crippen LogP contribution is -2.26. The summed E-state index contributed by atoms with van der Waals surface area (Å²) in [6.07, 6.45) is 0.532. The molecule has 0 fully saturated rings. The Morgan fingerprint density at radius 1 is 1.30 bits per heavy atom. The van der Waals surface area contributed by atoms with E-state index in [4.69, 9.17) is 31.2 Å². The van der Waals surface area contributed by atoms with E-state index in [0.29, 0.717) is 33.3 Å². The van der Waals surface area contributed by atoms with Crippen LogP contribution in [0, 0.1) is 11.3 Å². The number of methoxy groups -OCH3 is 2. The zero-order valence-corrected chi connectivity index (χ0v) is 15.8. The largest absolute Gasteiger partial charge is 0.493 e. The van der Waals surface area contributed by atoms with Crippen LogP contribution < -0.4 is 14.8 Å². The molecule has 2 aromatic carbocycles. The summed E-state index contributed by atoms with van der Waals surface area (Å²) >= 11 is 6.13. The van der Waals surface area contributed by atoms with Crippen LogP contribution in [0.1, 0.15) is 18.1 Å². The van der Waals surface area contributed by atoms with Crippen LogP contribution in [-0.2, 0) is 9.63 Å². The predicted octanol–water partition coefficient (Wildman–Crippen LogP) is 3.61. The van der Waals surface area contributed by atoms with Crippen molar-refractivity contribution in [2.75, 3.05) is 19.5 Å². The van der Waals surface area contributed by atoms with Crippen molar-refractivity contribution in [3.05, 3.63) is 52.5 Å². The molecule has 0 unspecified atom stereocenters. The van der Waals surface area contributed by atoms with Crippen molar-refractivity contribution in [2.45, 2.75) is 13.0 Å². The highest BCUT2D eigenvalue weighted by atomic mass is 35.5. The summed E-state index contributed by atoms with van der Waals surface area (Å²) in [5.41, 5.74) is 1.39. The smallest absolute Gasteiger partial charge is 0.268 e. The maximum Gasteiger partial charge on any atom is 0.268 e. The van der Waals surface area contributed by atoms with Crippen molar-refractivity contribution >= 4 is 29.4 Å². The van der Waals surface area contributed by atoms with Crippen LogP contribution in [0.5, 0.6) is 11.5 Å². The number of ether oxygens (including phenoxy) is 2. The third-order valence-corrected chi connectivity index (χ3v) is 3.83. The number of anilines is 1. The Bertz CT molecular complexity index is 893. The molecule has 0 heterocycles. The number of nitriles is 1. The lowest BCUT2D eigenvalue weighted by Gasteiger charge is -2.12. The van der Waals surface area contributed by atoms with Crippen LogP contribution >= 0.6 is 11.6 Å². The molecule has 0 aliphatic rings. The van der Waals surface area contributed by atoms with Crippen LogP contribution in [0.2, 0.25) is 5.02 Å².